The molecule has 1 heterocycles. The number of rotatable bonds is 4. The molecule has 0 saturated heterocycles. The number of hydrogen-bond donors (Lipinski definition) is 1. The molecule has 4 heteroatoms. The normalized spacial score (nSPS) is 11.4. The summed E-state index contributed by atoms with van der Waals surface area (Å²) in [5.74, 6) is 1.05. The molecule has 0 bridgehead atoms. The number of hydrogen-bond acceptors (Lipinski definition) is 3. The first-order valence-corrected chi connectivity index (χ1v) is 7.05. The Labute approximate surface area is 124 Å². The van der Waals surface area contributed by atoms with Gasteiger partial charge >= 0.3 is 0 Å². The highest BCUT2D eigenvalue weighted by molar-refractivity contribution is 5.86. The van der Waals surface area contributed by atoms with Crippen molar-refractivity contribution >= 4 is 16.5 Å². The van der Waals surface area contributed by atoms with E-state index >= 15 is 0 Å². The monoisotopic (exact) mass is 280 g/mol. The van der Waals surface area contributed by atoms with E-state index in [2.05, 4.69) is 47.3 Å². The Morgan fingerprint density at radius 1 is 1.14 bits per heavy atom. The smallest absolute Gasteiger partial charge is 0.122 e. The van der Waals surface area contributed by atoms with E-state index in [0.717, 1.165) is 30.2 Å². The SMILES string of the molecule is CN(Cc1cc2ccccc2cc1N)Cc1nccn1C. The molecule has 0 radical (unpaired) electrons. The molecule has 0 aliphatic heterocycles. The molecule has 2 N–H and O–H groups in total. The van der Waals surface area contributed by atoms with E-state index < -0.39 is 0 Å². The van der Waals surface area contributed by atoms with Gasteiger partial charge in [0.15, 0.2) is 0 Å². The topological polar surface area (TPSA) is 47.1 Å². The first kappa shape index (κ1) is 13.6. The minimum Gasteiger partial charge on any atom is -0.398 e. The maximum atomic E-state index is 6.19. The van der Waals surface area contributed by atoms with Crippen LogP contribution < -0.4 is 5.73 Å². The molecule has 0 unspecified atom stereocenters. The van der Waals surface area contributed by atoms with Crippen molar-refractivity contribution in [3.05, 3.63) is 60.2 Å². The van der Waals surface area contributed by atoms with Crippen LogP contribution in [0.25, 0.3) is 10.8 Å². The molecule has 0 amide bonds. The van der Waals surface area contributed by atoms with Gasteiger partial charge in [0.05, 0.1) is 6.54 Å². The van der Waals surface area contributed by atoms with E-state index in [9.17, 15) is 0 Å². The molecule has 0 aliphatic carbocycles. The molecule has 2 aromatic carbocycles. The van der Waals surface area contributed by atoms with Crippen LogP contribution in [0.2, 0.25) is 0 Å². The molecular formula is C17H20N4. The van der Waals surface area contributed by atoms with Gasteiger partial charge in [0.2, 0.25) is 0 Å². The number of aromatic nitrogens is 2. The molecular weight excluding hydrogens is 260 g/mol. The lowest BCUT2D eigenvalue weighted by molar-refractivity contribution is 0.308. The van der Waals surface area contributed by atoms with Crippen molar-refractivity contribution in [2.24, 2.45) is 7.05 Å². The third-order valence-corrected chi connectivity index (χ3v) is 3.78. The van der Waals surface area contributed by atoms with Gasteiger partial charge in [-0.25, -0.2) is 4.98 Å². The van der Waals surface area contributed by atoms with Crippen molar-refractivity contribution in [3.63, 3.8) is 0 Å². The average molecular weight is 280 g/mol. The number of nitrogens with zero attached hydrogens (tertiary/aromatic N) is 3. The van der Waals surface area contributed by atoms with Gasteiger partial charge in [0.1, 0.15) is 5.82 Å². The second-order valence-electron chi connectivity index (χ2n) is 5.52. The highest BCUT2D eigenvalue weighted by Gasteiger charge is 2.08. The second-order valence-corrected chi connectivity index (χ2v) is 5.52. The number of fused-ring (bicyclic) bond motifs is 1. The van der Waals surface area contributed by atoms with Crippen LogP contribution in [0.4, 0.5) is 5.69 Å². The molecule has 21 heavy (non-hydrogen) atoms. The molecule has 0 fully saturated rings. The number of imidazole rings is 1. The molecule has 0 aliphatic rings. The van der Waals surface area contributed by atoms with E-state index in [0.29, 0.717) is 0 Å². The highest BCUT2D eigenvalue weighted by atomic mass is 15.1. The van der Waals surface area contributed by atoms with Gasteiger partial charge in [0, 0.05) is 31.7 Å². The van der Waals surface area contributed by atoms with Crippen molar-refractivity contribution in [3.8, 4) is 0 Å². The lowest BCUT2D eigenvalue weighted by Gasteiger charge is -2.18. The quantitative estimate of drug-likeness (QED) is 0.748. The van der Waals surface area contributed by atoms with Crippen molar-refractivity contribution in [2.45, 2.75) is 13.1 Å². The number of nitrogen functional groups attached to an aromatic ring is 1. The van der Waals surface area contributed by atoms with Crippen LogP contribution in [0, 0.1) is 0 Å². The minimum absolute atomic E-state index is 0.801. The number of aryl methyl sites for hydroxylation is 1. The Morgan fingerprint density at radius 3 is 2.52 bits per heavy atom. The summed E-state index contributed by atoms with van der Waals surface area (Å²) in [6.45, 7) is 1.61. The predicted molar refractivity (Wildman–Crippen MR) is 86.7 cm³/mol. The highest BCUT2D eigenvalue weighted by Crippen LogP contribution is 2.23. The van der Waals surface area contributed by atoms with E-state index in [1.165, 1.54) is 10.8 Å². The largest absolute Gasteiger partial charge is 0.398 e. The third-order valence-electron chi connectivity index (χ3n) is 3.78. The van der Waals surface area contributed by atoms with Gasteiger partial charge in [-0.15, -0.1) is 0 Å². The van der Waals surface area contributed by atoms with Crippen molar-refractivity contribution in [2.75, 3.05) is 12.8 Å². The van der Waals surface area contributed by atoms with Crippen LogP contribution in [0.5, 0.6) is 0 Å². The predicted octanol–water partition coefficient (Wildman–Crippen LogP) is 2.79. The van der Waals surface area contributed by atoms with Crippen LogP contribution in [-0.2, 0) is 20.1 Å². The fourth-order valence-electron chi connectivity index (χ4n) is 2.58. The molecule has 4 nitrogen and oxygen atoms in total. The summed E-state index contributed by atoms with van der Waals surface area (Å²) in [5.41, 5.74) is 8.20. The van der Waals surface area contributed by atoms with E-state index in [1.807, 2.05) is 30.1 Å². The summed E-state index contributed by atoms with van der Waals surface area (Å²) in [7, 11) is 4.10. The van der Waals surface area contributed by atoms with Crippen LogP contribution >= 0.6 is 0 Å². The zero-order chi connectivity index (χ0) is 14.8. The zero-order valence-electron chi connectivity index (χ0n) is 12.5. The fourth-order valence-corrected chi connectivity index (χ4v) is 2.58. The molecule has 0 spiro atoms. The lowest BCUT2D eigenvalue weighted by atomic mass is 10.0. The van der Waals surface area contributed by atoms with Crippen LogP contribution in [0.15, 0.2) is 48.8 Å². The van der Waals surface area contributed by atoms with Crippen molar-refractivity contribution in [1.29, 1.82) is 0 Å². The van der Waals surface area contributed by atoms with E-state index in [1.54, 1.807) is 0 Å². The third kappa shape index (κ3) is 2.90. The summed E-state index contributed by atoms with van der Waals surface area (Å²) >= 11 is 0. The molecule has 3 aromatic rings. The maximum absolute atomic E-state index is 6.19. The first-order valence-electron chi connectivity index (χ1n) is 7.05. The Morgan fingerprint density at radius 2 is 1.86 bits per heavy atom. The minimum atomic E-state index is 0.801. The summed E-state index contributed by atoms with van der Waals surface area (Å²) < 4.78 is 2.04. The Balaban J connectivity index is 1.81. The van der Waals surface area contributed by atoms with Gasteiger partial charge in [-0.2, -0.15) is 0 Å². The summed E-state index contributed by atoms with van der Waals surface area (Å²) in [6, 6.07) is 12.5. The summed E-state index contributed by atoms with van der Waals surface area (Å²) in [6.07, 6.45) is 3.79. The average Bonchev–Trinajstić information content (AvgIpc) is 2.85. The number of benzene rings is 2. The van der Waals surface area contributed by atoms with Gasteiger partial charge in [-0.3, -0.25) is 4.90 Å². The van der Waals surface area contributed by atoms with Gasteiger partial charge in [-0.05, 0) is 35.5 Å². The van der Waals surface area contributed by atoms with E-state index in [4.69, 9.17) is 5.73 Å². The molecule has 3 rings (SSSR count). The molecule has 1 aromatic heterocycles. The van der Waals surface area contributed by atoms with E-state index in [-0.39, 0.29) is 0 Å². The Bertz CT molecular complexity index is 760. The summed E-state index contributed by atoms with van der Waals surface area (Å²) in [4.78, 5) is 6.58. The maximum Gasteiger partial charge on any atom is 0.122 e. The molecule has 0 atom stereocenters. The van der Waals surface area contributed by atoms with Gasteiger partial charge in [0.25, 0.3) is 0 Å². The zero-order valence-corrected chi connectivity index (χ0v) is 12.5. The van der Waals surface area contributed by atoms with Crippen molar-refractivity contribution < 1.29 is 0 Å². The standard InChI is InChI=1S/C17H20N4/c1-20(12-17-19-7-8-21(17)2)11-15-9-13-5-3-4-6-14(13)10-16(15)18/h3-10H,11-12,18H2,1-2H3. The lowest BCUT2D eigenvalue weighted by Crippen LogP contribution is -2.20. The second kappa shape index (κ2) is 5.58. The van der Waals surface area contributed by atoms with Crippen LogP contribution in [0.3, 0.4) is 0 Å². The summed E-state index contributed by atoms with van der Waals surface area (Å²) in [5, 5.41) is 2.41. The molecule has 0 saturated carbocycles. The Kier molecular flexibility index (Phi) is 3.62. The molecule has 108 valence electrons. The van der Waals surface area contributed by atoms with Crippen LogP contribution in [0.1, 0.15) is 11.4 Å². The fraction of sp³-hybridized carbons (Fsp3) is 0.235. The number of nitrogens with two attached hydrogens (primary N) is 1. The first-order chi connectivity index (χ1) is 10.1. The Hall–Kier alpha value is -2.33. The van der Waals surface area contributed by atoms with Crippen molar-refractivity contribution in [1.82, 2.24) is 14.5 Å². The van der Waals surface area contributed by atoms with Gasteiger partial charge < -0.3 is 10.3 Å². The number of anilines is 1. The van der Waals surface area contributed by atoms with Crippen LogP contribution in [-0.4, -0.2) is 21.5 Å². The van der Waals surface area contributed by atoms with Gasteiger partial charge in [-0.1, -0.05) is 24.3 Å².